The van der Waals surface area contributed by atoms with Crippen molar-refractivity contribution in [2.24, 2.45) is 5.92 Å². The van der Waals surface area contributed by atoms with E-state index in [0.29, 0.717) is 25.4 Å². The van der Waals surface area contributed by atoms with Crippen LogP contribution in [0.15, 0.2) is 24.3 Å². The molecule has 0 saturated carbocycles. The van der Waals surface area contributed by atoms with Gasteiger partial charge in [-0.15, -0.1) is 0 Å². The number of fused-ring (bicyclic) bond motifs is 1. The van der Waals surface area contributed by atoms with Gasteiger partial charge in [0.05, 0.1) is 0 Å². The summed E-state index contributed by atoms with van der Waals surface area (Å²) >= 11 is 0. The van der Waals surface area contributed by atoms with Crippen molar-refractivity contribution < 1.29 is 9.59 Å². The highest BCUT2D eigenvalue weighted by atomic mass is 16.2. The summed E-state index contributed by atoms with van der Waals surface area (Å²) < 4.78 is 0. The smallest absolute Gasteiger partial charge is 0.317 e. The molecule has 0 aromatic heterocycles. The van der Waals surface area contributed by atoms with Gasteiger partial charge in [0.1, 0.15) is 0 Å². The van der Waals surface area contributed by atoms with Gasteiger partial charge in [-0.25, -0.2) is 4.79 Å². The van der Waals surface area contributed by atoms with Gasteiger partial charge in [0.25, 0.3) is 0 Å². The van der Waals surface area contributed by atoms with Crippen LogP contribution in [0.5, 0.6) is 0 Å². The Bertz CT molecular complexity index is 599. The second-order valence-electron chi connectivity index (χ2n) is 6.94. The highest BCUT2D eigenvalue weighted by Crippen LogP contribution is 2.18. The maximum Gasteiger partial charge on any atom is 0.317 e. The zero-order valence-corrected chi connectivity index (χ0v) is 14.7. The van der Waals surface area contributed by atoms with Gasteiger partial charge in [0.2, 0.25) is 5.91 Å². The lowest BCUT2D eigenvalue weighted by Gasteiger charge is -2.29. The number of amides is 3. The molecule has 3 rings (SSSR count). The van der Waals surface area contributed by atoms with E-state index < -0.39 is 0 Å². The number of nitrogens with one attached hydrogen (secondary N) is 3. The Labute approximate surface area is 149 Å². The Hall–Kier alpha value is -2.08. The fraction of sp³-hybridized carbons (Fsp3) is 0.579. The number of nitrogens with zero attached hydrogens (tertiary/aromatic N) is 1. The molecular formula is C19H28N4O2. The Balaban J connectivity index is 1.33. The van der Waals surface area contributed by atoms with Crippen LogP contribution < -0.4 is 16.0 Å². The molecule has 2 aliphatic rings. The normalized spacial score (nSPS) is 19.8. The molecule has 1 saturated heterocycles. The maximum atomic E-state index is 12.3. The largest absolute Gasteiger partial charge is 0.356 e. The van der Waals surface area contributed by atoms with Crippen molar-refractivity contribution in [3.63, 3.8) is 0 Å². The number of urea groups is 1. The summed E-state index contributed by atoms with van der Waals surface area (Å²) in [7, 11) is 0. The van der Waals surface area contributed by atoms with Gasteiger partial charge in [-0.3, -0.25) is 4.79 Å². The van der Waals surface area contributed by atoms with E-state index in [1.54, 1.807) is 0 Å². The van der Waals surface area contributed by atoms with Gasteiger partial charge in [0.15, 0.2) is 0 Å². The highest BCUT2D eigenvalue weighted by molar-refractivity contribution is 5.78. The zero-order chi connectivity index (χ0) is 17.5. The van der Waals surface area contributed by atoms with Crippen molar-refractivity contribution in [1.82, 2.24) is 20.9 Å². The number of rotatable bonds is 5. The van der Waals surface area contributed by atoms with Gasteiger partial charge < -0.3 is 20.9 Å². The van der Waals surface area contributed by atoms with Crippen molar-refractivity contribution in [2.75, 3.05) is 32.7 Å². The quantitative estimate of drug-likeness (QED) is 0.753. The summed E-state index contributed by atoms with van der Waals surface area (Å²) in [6.07, 6.45) is 3.56. The van der Waals surface area contributed by atoms with Crippen LogP contribution in [0.25, 0.3) is 0 Å². The van der Waals surface area contributed by atoms with E-state index in [1.807, 2.05) is 17.0 Å². The number of hydrogen-bond donors (Lipinski definition) is 3. The molecule has 0 bridgehead atoms. The van der Waals surface area contributed by atoms with Crippen LogP contribution in [0.3, 0.4) is 0 Å². The number of benzene rings is 1. The second kappa shape index (κ2) is 8.85. The minimum absolute atomic E-state index is 0.00913. The zero-order valence-electron chi connectivity index (χ0n) is 14.7. The van der Waals surface area contributed by atoms with Gasteiger partial charge >= 0.3 is 6.03 Å². The molecule has 3 amide bonds. The second-order valence-corrected chi connectivity index (χ2v) is 6.94. The third-order valence-electron chi connectivity index (χ3n) is 5.03. The van der Waals surface area contributed by atoms with Gasteiger partial charge in [0, 0.05) is 32.6 Å². The average molecular weight is 344 g/mol. The molecule has 1 fully saturated rings. The minimum atomic E-state index is -0.0845. The summed E-state index contributed by atoms with van der Waals surface area (Å²) in [4.78, 5) is 26.0. The number of carbonyl (C=O) groups excluding carboxylic acids is 2. The average Bonchev–Trinajstić information content (AvgIpc) is 2.66. The molecule has 2 heterocycles. The van der Waals surface area contributed by atoms with Gasteiger partial charge in [-0.05, 0) is 49.4 Å². The van der Waals surface area contributed by atoms with E-state index in [1.165, 1.54) is 24.0 Å². The summed E-state index contributed by atoms with van der Waals surface area (Å²) in [5.41, 5.74) is 2.53. The maximum absolute atomic E-state index is 12.3. The number of carbonyl (C=O) groups is 2. The van der Waals surface area contributed by atoms with Gasteiger partial charge in [-0.2, -0.15) is 0 Å². The molecule has 2 aliphatic heterocycles. The molecule has 1 aromatic carbocycles. The third kappa shape index (κ3) is 5.19. The molecule has 0 radical (unpaired) electrons. The first-order chi connectivity index (χ1) is 12.2. The van der Waals surface area contributed by atoms with Crippen LogP contribution in [-0.2, 0) is 17.8 Å². The van der Waals surface area contributed by atoms with Crippen LogP contribution in [-0.4, -0.2) is 49.6 Å². The Morgan fingerprint density at radius 3 is 2.84 bits per heavy atom. The summed E-state index contributed by atoms with van der Waals surface area (Å²) in [6, 6.07) is 8.15. The van der Waals surface area contributed by atoms with E-state index in [-0.39, 0.29) is 11.9 Å². The van der Waals surface area contributed by atoms with Crippen LogP contribution >= 0.6 is 0 Å². The molecule has 6 heteroatoms. The molecule has 1 unspecified atom stereocenters. The molecule has 136 valence electrons. The molecule has 25 heavy (non-hydrogen) atoms. The van der Waals surface area contributed by atoms with E-state index in [4.69, 9.17) is 0 Å². The molecule has 6 nitrogen and oxygen atoms in total. The first-order valence-electron chi connectivity index (χ1n) is 9.29. The molecule has 0 aliphatic carbocycles. The lowest BCUT2D eigenvalue weighted by atomic mass is 10.00. The van der Waals surface area contributed by atoms with Crippen LogP contribution in [0, 0.1) is 5.92 Å². The molecule has 1 aromatic rings. The first kappa shape index (κ1) is 17.7. The molecule has 1 atom stereocenters. The van der Waals surface area contributed by atoms with E-state index in [9.17, 15) is 9.59 Å². The summed E-state index contributed by atoms with van der Waals surface area (Å²) in [6.45, 7) is 4.53. The fourth-order valence-electron chi connectivity index (χ4n) is 3.51. The van der Waals surface area contributed by atoms with E-state index in [0.717, 1.165) is 32.6 Å². The van der Waals surface area contributed by atoms with E-state index >= 15 is 0 Å². The SMILES string of the molecule is O=C(CCNC(=O)N1CCc2ccccc2C1)NCC1CCCNC1. The topological polar surface area (TPSA) is 73.5 Å². The van der Waals surface area contributed by atoms with Crippen LogP contribution in [0.4, 0.5) is 4.79 Å². The summed E-state index contributed by atoms with van der Waals surface area (Å²) in [5, 5.41) is 9.19. The van der Waals surface area contributed by atoms with Crippen molar-refractivity contribution in [2.45, 2.75) is 32.2 Å². The van der Waals surface area contributed by atoms with Crippen molar-refractivity contribution in [3.05, 3.63) is 35.4 Å². The van der Waals surface area contributed by atoms with Crippen molar-refractivity contribution >= 4 is 11.9 Å². The first-order valence-corrected chi connectivity index (χ1v) is 9.29. The van der Waals surface area contributed by atoms with Crippen molar-refractivity contribution in [1.29, 1.82) is 0 Å². The monoisotopic (exact) mass is 344 g/mol. The Kier molecular flexibility index (Phi) is 6.28. The predicted octanol–water partition coefficient (Wildman–Crippen LogP) is 1.26. The molecular weight excluding hydrogens is 316 g/mol. The van der Waals surface area contributed by atoms with E-state index in [2.05, 4.69) is 28.1 Å². The molecule has 0 spiro atoms. The standard InChI is InChI=1S/C19H28N4O2/c24-18(22-13-15-4-3-9-20-12-15)7-10-21-19(25)23-11-8-16-5-1-2-6-17(16)14-23/h1-2,5-6,15,20H,3-4,7-14H2,(H,21,25)(H,22,24). The van der Waals surface area contributed by atoms with Crippen LogP contribution in [0.2, 0.25) is 0 Å². The Morgan fingerprint density at radius 2 is 2.04 bits per heavy atom. The minimum Gasteiger partial charge on any atom is -0.356 e. The van der Waals surface area contributed by atoms with Crippen LogP contribution in [0.1, 0.15) is 30.4 Å². The number of hydrogen-bond acceptors (Lipinski definition) is 3. The fourth-order valence-corrected chi connectivity index (χ4v) is 3.51. The number of piperidine rings is 1. The lowest BCUT2D eigenvalue weighted by Crippen LogP contribution is -2.44. The molecule has 3 N–H and O–H groups in total. The predicted molar refractivity (Wildman–Crippen MR) is 97.2 cm³/mol. The van der Waals surface area contributed by atoms with Gasteiger partial charge in [-0.1, -0.05) is 24.3 Å². The van der Waals surface area contributed by atoms with Crippen molar-refractivity contribution in [3.8, 4) is 0 Å². The highest BCUT2D eigenvalue weighted by Gasteiger charge is 2.20. The summed E-state index contributed by atoms with van der Waals surface area (Å²) in [5.74, 6) is 0.538. The Morgan fingerprint density at radius 1 is 1.20 bits per heavy atom. The lowest BCUT2D eigenvalue weighted by molar-refractivity contribution is -0.121. The third-order valence-corrected chi connectivity index (χ3v) is 5.03.